The van der Waals surface area contributed by atoms with Crippen LogP contribution < -0.4 is 14.2 Å². The molecule has 0 fully saturated rings. The second kappa shape index (κ2) is 7.91. The fraction of sp³-hybridized carbons (Fsp3) is 0.409. The van der Waals surface area contributed by atoms with Gasteiger partial charge in [-0.3, -0.25) is 4.79 Å². The van der Waals surface area contributed by atoms with Gasteiger partial charge in [-0.05, 0) is 47.9 Å². The largest absolute Gasteiger partial charge is 0.493 e. The van der Waals surface area contributed by atoms with Crippen molar-refractivity contribution in [1.82, 2.24) is 4.90 Å². The molecular formula is C22H25NO4. The number of fused-ring (bicyclic) bond motifs is 2. The molecule has 27 heavy (non-hydrogen) atoms. The van der Waals surface area contributed by atoms with E-state index in [2.05, 4.69) is 6.92 Å². The minimum atomic E-state index is 0.0630. The van der Waals surface area contributed by atoms with Crippen LogP contribution in [0.15, 0.2) is 36.4 Å². The predicted molar refractivity (Wildman–Crippen MR) is 103 cm³/mol. The first-order valence-corrected chi connectivity index (χ1v) is 9.68. The highest BCUT2D eigenvalue weighted by atomic mass is 16.6. The quantitative estimate of drug-likeness (QED) is 0.778. The Hall–Kier alpha value is -2.69. The fourth-order valence-corrected chi connectivity index (χ4v) is 3.51. The van der Waals surface area contributed by atoms with Gasteiger partial charge in [-0.25, -0.2) is 0 Å². The molecule has 142 valence electrons. The average Bonchev–Trinajstić information content (AvgIpc) is 3.18. The van der Waals surface area contributed by atoms with E-state index in [1.807, 2.05) is 41.3 Å². The predicted octanol–water partition coefficient (Wildman–Crippen LogP) is 3.84. The number of nitrogens with zero attached hydrogens (tertiary/aromatic N) is 1. The lowest BCUT2D eigenvalue weighted by molar-refractivity contribution is 0.0740. The molecule has 0 bridgehead atoms. The van der Waals surface area contributed by atoms with Crippen LogP contribution >= 0.6 is 0 Å². The minimum absolute atomic E-state index is 0.0630. The SMILES string of the molecule is CCCCN(Cc1ccc2c(c1)OCCO2)C(=O)c1ccc2c(c1)CCO2. The summed E-state index contributed by atoms with van der Waals surface area (Å²) < 4.78 is 16.8. The van der Waals surface area contributed by atoms with E-state index in [1.54, 1.807) is 0 Å². The molecule has 0 aromatic heterocycles. The van der Waals surface area contributed by atoms with Gasteiger partial charge in [-0.1, -0.05) is 19.4 Å². The van der Waals surface area contributed by atoms with E-state index in [0.717, 1.165) is 59.7 Å². The van der Waals surface area contributed by atoms with Crippen LogP contribution in [0, 0.1) is 0 Å². The molecule has 0 spiro atoms. The Labute approximate surface area is 159 Å². The van der Waals surface area contributed by atoms with E-state index in [1.165, 1.54) is 0 Å². The third-order valence-corrected chi connectivity index (χ3v) is 4.99. The van der Waals surface area contributed by atoms with E-state index in [-0.39, 0.29) is 5.91 Å². The second-order valence-corrected chi connectivity index (χ2v) is 6.98. The van der Waals surface area contributed by atoms with Gasteiger partial charge in [0.05, 0.1) is 6.61 Å². The molecule has 2 heterocycles. The van der Waals surface area contributed by atoms with Gasteiger partial charge in [0.25, 0.3) is 5.91 Å². The molecule has 0 N–H and O–H groups in total. The molecule has 5 heteroatoms. The van der Waals surface area contributed by atoms with E-state index in [4.69, 9.17) is 14.2 Å². The standard InChI is InChI=1S/C22H25NO4/c1-2-3-9-23(15-16-4-6-20-21(13-16)27-12-11-26-20)22(24)18-5-7-19-17(14-18)8-10-25-19/h4-7,13-14H,2-3,8-12,15H2,1H3. The maximum atomic E-state index is 13.2. The Bertz CT molecular complexity index is 833. The van der Waals surface area contributed by atoms with Crippen LogP contribution in [0.2, 0.25) is 0 Å². The monoisotopic (exact) mass is 367 g/mol. The van der Waals surface area contributed by atoms with Gasteiger partial charge < -0.3 is 19.1 Å². The molecule has 0 aliphatic carbocycles. The van der Waals surface area contributed by atoms with Crippen LogP contribution in [0.1, 0.15) is 41.3 Å². The number of rotatable bonds is 6. The summed E-state index contributed by atoms with van der Waals surface area (Å²) in [6.07, 6.45) is 2.89. The van der Waals surface area contributed by atoms with Gasteiger partial charge in [-0.15, -0.1) is 0 Å². The third kappa shape index (κ3) is 3.87. The number of ether oxygens (including phenoxy) is 3. The summed E-state index contributed by atoms with van der Waals surface area (Å²) in [6.45, 7) is 5.27. The smallest absolute Gasteiger partial charge is 0.254 e. The highest BCUT2D eigenvalue weighted by molar-refractivity contribution is 5.94. The second-order valence-electron chi connectivity index (χ2n) is 6.98. The third-order valence-electron chi connectivity index (χ3n) is 4.99. The maximum Gasteiger partial charge on any atom is 0.254 e. The van der Waals surface area contributed by atoms with Gasteiger partial charge >= 0.3 is 0 Å². The zero-order valence-corrected chi connectivity index (χ0v) is 15.7. The van der Waals surface area contributed by atoms with Crippen molar-refractivity contribution in [3.05, 3.63) is 53.1 Å². The molecule has 2 aromatic carbocycles. The summed E-state index contributed by atoms with van der Waals surface area (Å²) in [5, 5.41) is 0. The molecular weight excluding hydrogens is 342 g/mol. The molecule has 2 aromatic rings. The van der Waals surface area contributed by atoms with E-state index < -0.39 is 0 Å². The first-order chi connectivity index (χ1) is 13.2. The molecule has 4 rings (SSSR count). The van der Waals surface area contributed by atoms with Gasteiger partial charge in [-0.2, -0.15) is 0 Å². The van der Waals surface area contributed by atoms with E-state index >= 15 is 0 Å². The molecule has 5 nitrogen and oxygen atoms in total. The van der Waals surface area contributed by atoms with Crippen LogP contribution in [0.5, 0.6) is 17.2 Å². The molecule has 2 aliphatic heterocycles. The van der Waals surface area contributed by atoms with E-state index in [9.17, 15) is 4.79 Å². The molecule has 1 amide bonds. The van der Waals surface area contributed by atoms with Crippen LogP contribution in [0.25, 0.3) is 0 Å². The van der Waals surface area contributed by atoms with Crippen LogP contribution in [-0.2, 0) is 13.0 Å². The highest BCUT2D eigenvalue weighted by Crippen LogP contribution is 2.31. The van der Waals surface area contributed by atoms with Crippen molar-refractivity contribution in [2.24, 2.45) is 0 Å². The van der Waals surface area contributed by atoms with Crippen molar-refractivity contribution in [3.8, 4) is 17.2 Å². The van der Waals surface area contributed by atoms with Gasteiger partial charge in [0.2, 0.25) is 0 Å². The summed E-state index contributed by atoms with van der Waals surface area (Å²) in [5.41, 5.74) is 2.90. The number of unbranched alkanes of at least 4 members (excludes halogenated alkanes) is 1. The topological polar surface area (TPSA) is 48.0 Å². The maximum absolute atomic E-state index is 13.2. The molecule has 2 aliphatic rings. The van der Waals surface area contributed by atoms with Gasteiger partial charge in [0.1, 0.15) is 19.0 Å². The van der Waals surface area contributed by atoms with Crippen LogP contribution in [-0.4, -0.2) is 37.2 Å². The Kier molecular flexibility index (Phi) is 5.19. The zero-order valence-electron chi connectivity index (χ0n) is 15.7. The lowest BCUT2D eigenvalue weighted by atomic mass is 10.1. The number of amides is 1. The number of carbonyl (C=O) groups excluding carboxylic acids is 1. The van der Waals surface area contributed by atoms with Crippen molar-refractivity contribution < 1.29 is 19.0 Å². The highest BCUT2D eigenvalue weighted by Gasteiger charge is 2.20. The number of hydrogen-bond donors (Lipinski definition) is 0. The number of hydrogen-bond acceptors (Lipinski definition) is 4. The summed E-state index contributed by atoms with van der Waals surface area (Å²) in [5.74, 6) is 2.50. The fourth-order valence-electron chi connectivity index (χ4n) is 3.51. The Morgan fingerprint density at radius 2 is 1.74 bits per heavy atom. The Morgan fingerprint density at radius 3 is 2.59 bits per heavy atom. The molecule has 0 saturated carbocycles. The molecule has 0 saturated heterocycles. The summed E-state index contributed by atoms with van der Waals surface area (Å²) in [7, 11) is 0. The Balaban J connectivity index is 1.54. The summed E-state index contributed by atoms with van der Waals surface area (Å²) in [6, 6.07) is 11.7. The first kappa shape index (κ1) is 17.7. The lowest BCUT2D eigenvalue weighted by Crippen LogP contribution is -2.31. The van der Waals surface area contributed by atoms with Gasteiger partial charge in [0.15, 0.2) is 11.5 Å². The summed E-state index contributed by atoms with van der Waals surface area (Å²) >= 11 is 0. The first-order valence-electron chi connectivity index (χ1n) is 9.68. The van der Waals surface area contributed by atoms with Crippen molar-refractivity contribution in [3.63, 3.8) is 0 Å². The lowest BCUT2D eigenvalue weighted by Gasteiger charge is -2.24. The van der Waals surface area contributed by atoms with Gasteiger partial charge in [0, 0.05) is 25.1 Å². The normalized spacial score (nSPS) is 14.4. The number of carbonyl (C=O) groups is 1. The van der Waals surface area contributed by atoms with Crippen LogP contribution in [0.4, 0.5) is 0 Å². The minimum Gasteiger partial charge on any atom is -0.493 e. The van der Waals surface area contributed by atoms with Crippen molar-refractivity contribution >= 4 is 5.91 Å². The molecule has 0 atom stereocenters. The summed E-state index contributed by atoms with van der Waals surface area (Å²) in [4.78, 5) is 15.1. The average molecular weight is 367 g/mol. The van der Waals surface area contributed by atoms with Crippen molar-refractivity contribution in [2.75, 3.05) is 26.4 Å². The molecule has 0 unspecified atom stereocenters. The van der Waals surface area contributed by atoms with Crippen molar-refractivity contribution in [2.45, 2.75) is 32.7 Å². The van der Waals surface area contributed by atoms with E-state index in [0.29, 0.717) is 26.4 Å². The zero-order chi connectivity index (χ0) is 18.6. The van der Waals surface area contributed by atoms with Crippen LogP contribution in [0.3, 0.4) is 0 Å². The molecule has 0 radical (unpaired) electrons. The number of benzene rings is 2. The Morgan fingerprint density at radius 1 is 0.963 bits per heavy atom. The van der Waals surface area contributed by atoms with Crippen molar-refractivity contribution in [1.29, 1.82) is 0 Å².